The van der Waals surface area contributed by atoms with Crippen LogP contribution in [0.15, 0.2) is 24.5 Å². The second kappa shape index (κ2) is 6.20. The zero-order valence-electron chi connectivity index (χ0n) is 12.4. The van der Waals surface area contributed by atoms with Crippen LogP contribution in [0, 0.1) is 17.8 Å². The molecule has 3 nitrogen and oxygen atoms in total. The highest BCUT2D eigenvalue weighted by atomic mass is 14.9. The molecule has 2 N–H and O–H groups in total. The number of nitrogens with zero attached hydrogens (tertiary/aromatic N) is 1. The second-order valence-electron chi connectivity index (χ2n) is 6.00. The SMILES string of the molecule is CC(C)C(CNCc1c[nH]c2ncccc12)C(C)C. The Labute approximate surface area is 115 Å². The molecule has 0 aromatic carbocycles. The van der Waals surface area contributed by atoms with Crippen molar-refractivity contribution in [3.8, 4) is 0 Å². The van der Waals surface area contributed by atoms with Gasteiger partial charge in [0.1, 0.15) is 5.65 Å². The van der Waals surface area contributed by atoms with E-state index in [1.807, 2.05) is 12.3 Å². The fourth-order valence-corrected chi connectivity index (χ4v) is 2.77. The maximum Gasteiger partial charge on any atom is 0.137 e. The van der Waals surface area contributed by atoms with Crippen LogP contribution in [0.2, 0.25) is 0 Å². The number of nitrogens with one attached hydrogen (secondary N) is 2. The third kappa shape index (κ3) is 3.35. The Morgan fingerprint density at radius 3 is 2.63 bits per heavy atom. The van der Waals surface area contributed by atoms with Crippen molar-refractivity contribution in [2.45, 2.75) is 34.2 Å². The van der Waals surface area contributed by atoms with Crippen molar-refractivity contribution in [2.24, 2.45) is 17.8 Å². The summed E-state index contributed by atoms with van der Waals surface area (Å²) in [4.78, 5) is 7.54. The van der Waals surface area contributed by atoms with Crippen molar-refractivity contribution in [3.63, 3.8) is 0 Å². The monoisotopic (exact) mass is 259 g/mol. The molecule has 19 heavy (non-hydrogen) atoms. The summed E-state index contributed by atoms with van der Waals surface area (Å²) in [6, 6.07) is 4.11. The standard InChI is InChI=1S/C16H25N3/c1-11(2)15(12(3)4)10-17-8-13-9-19-16-14(13)6-5-7-18-16/h5-7,9,11-12,15,17H,8,10H2,1-4H3,(H,18,19). The number of pyridine rings is 1. The molecule has 0 radical (unpaired) electrons. The highest BCUT2D eigenvalue weighted by Gasteiger charge is 2.16. The maximum atomic E-state index is 4.32. The Hall–Kier alpha value is -1.35. The third-order valence-corrected chi connectivity index (χ3v) is 3.94. The largest absolute Gasteiger partial charge is 0.346 e. The highest BCUT2D eigenvalue weighted by molar-refractivity contribution is 5.79. The Morgan fingerprint density at radius 2 is 1.95 bits per heavy atom. The van der Waals surface area contributed by atoms with Crippen LogP contribution in [0.5, 0.6) is 0 Å². The summed E-state index contributed by atoms with van der Waals surface area (Å²) < 4.78 is 0. The molecule has 0 saturated heterocycles. The summed E-state index contributed by atoms with van der Waals surface area (Å²) in [5, 5.41) is 4.82. The van der Waals surface area contributed by atoms with Crippen molar-refractivity contribution < 1.29 is 0 Å². The second-order valence-corrected chi connectivity index (χ2v) is 6.00. The van der Waals surface area contributed by atoms with Gasteiger partial charge in [-0.1, -0.05) is 27.7 Å². The first-order chi connectivity index (χ1) is 9.09. The quantitative estimate of drug-likeness (QED) is 0.832. The lowest BCUT2D eigenvalue weighted by Gasteiger charge is -2.25. The zero-order chi connectivity index (χ0) is 13.8. The van der Waals surface area contributed by atoms with E-state index in [4.69, 9.17) is 0 Å². The van der Waals surface area contributed by atoms with Gasteiger partial charge < -0.3 is 10.3 Å². The van der Waals surface area contributed by atoms with Gasteiger partial charge in [0, 0.05) is 24.3 Å². The Kier molecular flexibility index (Phi) is 4.59. The topological polar surface area (TPSA) is 40.7 Å². The van der Waals surface area contributed by atoms with E-state index < -0.39 is 0 Å². The first-order valence-corrected chi connectivity index (χ1v) is 7.21. The van der Waals surface area contributed by atoms with Crippen LogP contribution in [0.3, 0.4) is 0 Å². The number of H-pyrrole nitrogens is 1. The van der Waals surface area contributed by atoms with E-state index in [-0.39, 0.29) is 0 Å². The smallest absolute Gasteiger partial charge is 0.137 e. The number of rotatable bonds is 6. The van der Waals surface area contributed by atoms with Gasteiger partial charge in [0.15, 0.2) is 0 Å². The Morgan fingerprint density at radius 1 is 1.21 bits per heavy atom. The molecule has 2 heterocycles. The lowest BCUT2D eigenvalue weighted by atomic mass is 9.85. The van der Waals surface area contributed by atoms with E-state index in [1.54, 1.807) is 0 Å². The molecule has 2 aromatic heterocycles. The molecule has 104 valence electrons. The summed E-state index contributed by atoms with van der Waals surface area (Å²) in [5.41, 5.74) is 2.28. The molecular formula is C16H25N3. The fourth-order valence-electron chi connectivity index (χ4n) is 2.77. The van der Waals surface area contributed by atoms with Gasteiger partial charge in [0.25, 0.3) is 0 Å². The molecule has 3 heteroatoms. The van der Waals surface area contributed by atoms with Crippen molar-refractivity contribution in [1.82, 2.24) is 15.3 Å². The number of fused-ring (bicyclic) bond motifs is 1. The average molecular weight is 259 g/mol. The summed E-state index contributed by atoms with van der Waals surface area (Å²) in [7, 11) is 0. The predicted molar refractivity (Wildman–Crippen MR) is 81.0 cm³/mol. The third-order valence-electron chi connectivity index (χ3n) is 3.94. The fraction of sp³-hybridized carbons (Fsp3) is 0.562. The molecule has 0 spiro atoms. The minimum Gasteiger partial charge on any atom is -0.346 e. The first-order valence-electron chi connectivity index (χ1n) is 7.21. The molecule has 0 saturated carbocycles. The first kappa shape index (κ1) is 14.1. The van der Waals surface area contributed by atoms with E-state index in [0.717, 1.165) is 36.5 Å². The zero-order valence-corrected chi connectivity index (χ0v) is 12.4. The summed E-state index contributed by atoms with van der Waals surface area (Å²) in [6.45, 7) is 11.2. The Balaban J connectivity index is 1.95. The van der Waals surface area contributed by atoms with Crippen LogP contribution in [0.25, 0.3) is 11.0 Å². The molecule has 0 bridgehead atoms. The minimum atomic E-state index is 0.720. The predicted octanol–water partition coefficient (Wildman–Crippen LogP) is 3.58. The van der Waals surface area contributed by atoms with Gasteiger partial charge in [-0.05, 0) is 42.0 Å². The molecule has 0 aliphatic rings. The van der Waals surface area contributed by atoms with Crippen LogP contribution in [-0.4, -0.2) is 16.5 Å². The molecular weight excluding hydrogens is 234 g/mol. The highest BCUT2D eigenvalue weighted by Crippen LogP contribution is 2.20. The molecule has 2 rings (SSSR count). The molecule has 0 atom stereocenters. The van der Waals surface area contributed by atoms with Crippen molar-refractivity contribution in [3.05, 3.63) is 30.1 Å². The maximum absolute atomic E-state index is 4.32. The average Bonchev–Trinajstić information content (AvgIpc) is 2.77. The summed E-state index contributed by atoms with van der Waals surface area (Å²) >= 11 is 0. The van der Waals surface area contributed by atoms with Gasteiger partial charge in [0.2, 0.25) is 0 Å². The lowest BCUT2D eigenvalue weighted by Crippen LogP contribution is -2.29. The van der Waals surface area contributed by atoms with Crippen molar-refractivity contribution >= 4 is 11.0 Å². The van der Waals surface area contributed by atoms with Crippen molar-refractivity contribution in [2.75, 3.05) is 6.54 Å². The van der Waals surface area contributed by atoms with E-state index in [2.05, 4.69) is 55.2 Å². The van der Waals surface area contributed by atoms with Gasteiger partial charge in [-0.3, -0.25) is 0 Å². The van der Waals surface area contributed by atoms with E-state index >= 15 is 0 Å². The Bertz CT molecular complexity index is 505. The van der Waals surface area contributed by atoms with Crippen LogP contribution in [0.1, 0.15) is 33.3 Å². The van der Waals surface area contributed by atoms with Crippen LogP contribution >= 0.6 is 0 Å². The minimum absolute atomic E-state index is 0.720. The van der Waals surface area contributed by atoms with E-state index in [1.165, 1.54) is 10.9 Å². The van der Waals surface area contributed by atoms with Gasteiger partial charge >= 0.3 is 0 Å². The molecule has 0 unspecified atom stereocenters. The number of hydrogen-bond acceptors (Lipinski definition) is 2. The molecule has 0 aliphatic carbocycles. The molecule has 0 fully saturated rings. The molecule has 2 aromatic rings. The summed E-state index contributed by atoms with van der Waals surface area (Å²) in [6.07, 6.45) is 3.88. The van der Waals surface area contributed by atoms with E-state index in [9.17, 15) is 0 Å². The van der Waals surface area contributed by atoms with Gasteiger partial charge in [0.05, 0.1) is 0 Å². The normalized spacial score (nSPS) is 12.2. The number of aromatic amines is 1. The van der Waals surface area contributed by atoms with E-state index in [0.29, 0.717) is 0 Å². The van der Waals surface area contributed by atoms with Gasteiger partial charge in [-0.2, -0.15) is 0 Å². The van der Waals surface area contributed by atoms with Crippen LogP contribution in [0.4, 0.5) is 0 Å². The molecule has 0 amide bonds. The summed E-state index contributed by atoms with van der Waals surface area (Å²) in [5.74, 6) is 2.16. The lowest BCUT2D eigenvalue weighted by molar-refractivity contribution is 0.275. The number of aromatic nitrogens is 2. The molecule has 0 aliphatic heterocycles. The van der Waals surface area contributed by atoms with Gasteiger partial charge in [-0.25, -0.2) is 4.98 Å². The van der Waals surface area contributed by atoms with Crippen molar-refractivity contribution in [1.29, 1.82) is 0 Å². The van der Waals surface area contributed by atoms with Crippen LogP contribution in [-0.2, 0) is 6.54 Å². The van der Waals surface area contributed by atoms with Gasteiger partial charge in [-0.15, -0.1) is 0 Å². The van der Waals surface area contributed by atoms with Crippen LogP contribution < -0.4 is 5.32 Å². The number of hydrogen-bond donors (Lipinski definition) is 2.